The molecule has 184 valence electrons. The first kappa shape index (κ1) is 24.5. The zero-order valence-electron chi connectivity index (χ0n) is 20.9. The molecule has 0 spiro atoms. The zero-order chi connectivity index (χ0) is 23.3. The van der Waals surface area contributed by atoms with Crippen LogP contribution >= 0.6 is 0 Å². The van der Waals surface area contributed by atoms with Gasteiger partial charge in [0.2, 0.25) is 0 Å². The molecular formula is C27H46O5. The van der Waals surface area contributed by atoms with Crippen LogP contribution in [0.15, 0.2) is 0 Å². The number of hydrogen-bond donors (Lipinski definition) is 2. The molecule has 4 fully saturated rings. The van der Waals surface area contributed by atoms with Crippen molar-refractivity contribution in [3.8, 4) is 0 Å². The molecule has 0 saturated heterocycles. The van der Waals surface area contributed by atoms with Gasteiger partial charge in [0.05, 0.1) is 18.3 Å². The summed E-state index contributed by atoms with van der Waals surface area (Å²) in [5, 5.41) is 20.9. The minimum Gasteiger partial charge on any atom is -0.481 e. The minimum absolute atomic E-state index is 0.137. The standard InChI is InChI=1S/C27H46O5/c1-6-32-18-11-12-26(3)17(13-18)14-22(31-5)25-20-9-8-19(16(2)7-10-24(29)30)27(20,4)23(28)15-21(25)26/h16-23,25,28H,6-15H2,1-5H3,(H,29,30). The number of aliphatic hydroxyl groups excluding tert-OH is 1. The number of carboxylic acids is 1. The van der Waals surface area contributed by atoms with Crippen molar-refractivity contribution in [3.63, 3.8) is 0 Å². The van der Waals surface area contributed by atoms with E-state index in [1.807, 2.05) is 7.11 Å². The van der Waals surface area contributed by atoms with Crippen LogP contribution < -0.4 is 0 Å². The van der Waals surface area contributed by atoms with Crippen LogP contribution in [-0.2, 0) is 14.3 Å². The van der Waals surface area contributed by atoms with E-state index in [4.69, 9.17) is 9.47 Å². The van der Waals surface area contributed by atoms with Gasteiger partial charge in [0, 0.05) is 20.1 Å². The smallest absolute Gasteiger partial charge is 0.303 e. The fourth-order valence-electron chi connectivity index (χ4n) is 9.28. The van der Waals surface area contributed by atoms with Gasteiger partial charge in [0.1, 0.15) is 0 Å². The molecule has 4 saturated carbocycles. The van der Waals surface area contributed by atoms with Crippen LogP contribution in [0.5, 0.6) is 0 Å². The maximum absolute atomic E-state index is 11.7. The molecule has 0 bridgehead atoms. The van der Waals surface area contributed by atoms with Gasteiger partial charge in [-0.05, 0) is 105 Å². The molecule has 0 aromatic heterocycles. The van der Waals surface area contributed by atoms with Gasteiger partial charge in [-0.25, -0.2) is 0 Å². The van der Waals surface area contributed by atoms with Crippen molar-refractivity contribution in [1.29, 1.82) is 0 Å². The van der Waals surface area contributed by atoms with Crippen molar-refractivity contribution < 1.29 is 24.5 Å². The molecule has 0 aromatic rings. The lowest BCUT2D eigenvalue weighted by Crippen LogP contribution is -2.62. The Bertz CT molecular complexity index is 681. The van der Waals surface area contributed by atoms with E-state index >= 15 is 0 Å². The molecule has 0 radical (unpaired) electrons. The van der Waals surface area contributed by atoms with Gasteiger partial charge in [-0.1, -0.05) is 20.8 Å². The third-order valence-electron chi connectivity index (χ3n) is 11.0. The lowest BCUT2D eigenvalue weighted by molar-refractivity contribution is -0.214. The van der Waals surface area contributed by atoms with E-state index in [0.717, 1.165) is 45.1 Å². The van der Waals surface area contributed by atoms with Crippen LogP contribution in [0.2, 0.25) is 0 Å². The van der Waals surface area contributed by atoms with E-state index in [-0.39, 0.29) is 29.5 Å². The van der Waals surface area contributed by atoms with Crippen LogP contribution in [0.3, 0.4) is 0 Å². The van der Waals surface area contributed by atoms with Gasteiger partial charge < -0.3 is 19.7 Å². The highest BCUT2D eigenvalue weighted by Gasteiger charge is 2.66. The van der Waals surface area contributed by atoms with E-state index in [1.165, 1.54) is 6.42 Å². The molecule has 0 heterocycles. The van der Waals surface area contributed by atoms with Crippen molar-refractivity contribution in [2.24, 2.45) is 46.3 Å². The Morgan fingerprint density at radius 2 is 1.88 bits per heavy atom. The Labute approximate surface area is 194 Å². The lowest BCUT2D eigenvalue weighted by atomic mass is 9.43. The normalized spacial score (nSPS) is 49.1. The van der Waals surface area contributed by atoms with Crippen LogP contribution in [0.1, 0.15) is 85.5 Å². The second-order valence-corrected chi connectivity index (χ2v) is 12.1. The van der Waals surface area contributed by atoms with Crippen molar-refractivity contribution >= 4 is 5.97 Å². The fraction of sp³-hybridized carbons (Fsp3) is 0.963. The summed E-state index contributed by atoms with van der Waals surface area (Å²) in [4.78, 5) is 11.2. The number of methoxy groups -OCH3 is 1. The summed E-state index contributed by atoms with van der Waals surface area (Å²) in [6, 6.07) is 0. The molecule has 0 amide bonds. The Kier molecular flexibility index (Phi) is 7.03. The predicted molar refractivity (Wildman–Crippen MR) is 124 cm³/mol. The molecule has 4 rings (SSSR count). The summed E-state index contributed by atoms with van der Waals surface area (Å²) < 4.78 is 12.2. The second-order valence-electron chi connectivity index (χ2n) is 12.1. The largest absolute Gasteiger partial charge is 0.481 e. The molecular weight excluding hydrogens is 404 g/mol. The number of rotatable bonds is 7. The number of ether oxygens (including phenoxy) is 2. The van der Waals surface area contributed by atoms with Gasteiger partial charge in [0.25, 0.3) is 0 Å². The highest BCUT2D eigenvalue weighted by atomic mass is 16.5. The Morgan fingerprint density at radius 3 is 2.53 bits per heavy atom. The van der Waals surface area contributed by atoms with E-state index in [9.17, 15) is 15.0 Å². The topological polar surface area (TPSA) is 76.0 Å². The number of aliphatic hydroxyl groups is 1. The quantitative estimate of drug-likeness (QED) is 0.561. The molecule has 11 unspecified atom stereocenters. The van der Waals surface area contributed by atoms with E-state index < -0.39 is 5.97 Å². The first-order valence-electron chi connectivity index (χ1n) is 13.2. The Morgan fingerprint density at radius 1 is 1.12 bits per heavy atom. The Balaban J connectivity index is 1.60. The van der Waals surface area contributed by atoms with Crippen molar-refractivity contribution in [1.82, 2.24) is 0 Å². The molecule has 4 aliphatic carbocycles. The van der Waals surface area contributed by atoms with Gasteiger partial charge in [0.15, 0.2) is 0 Å². The molecule has 11 atom stereocenters. The SMILES string of the molecule is CCOC1CCC2(C)C(C1)CC(OC)C1C2CC(O)C2(C)C(C(C)CCC(=O)O)CCC12. The number of aliphatic carboxylic acids is 1. The Hall–Kier alpha value is -0.650. The molecule has 2 N–H and O–H groups in total. The van der Waals surface area contributed by atoms with Gasteiger partial charge in [-0.3, -0.25) is 4.79 Å². The van der Waals surface area contributed by atoms with Crippen molar-refractivity contribution in [2.75, 3.05) is 13.7 Å². The highest BCUT2D eigenvalue weighted by Crippen LogP contribution is 2.68. The number of fused-ring (bicyclic) bond motifs is 5. The van der Waals surface area contributed by atoms with E-state index in [2.05, 4.69) is 27.7 Å². The molecule has 0 aromatic carbocycles. The summed E-state index contributed by atoms with van der Waals surface area (Å²) in [5.74, 6) is 2.04. The van der Waals surface area contributed by atoms with E-state index in [1.54, 1.807) is 0 Å². The summed E-state index contributed by atoms with van der Waals surface area (Å²) >= 11 is 0. The predicted octanol–water partition coefficient (Wildman–Crippen LogP) is 5.15. The van der Waals surface area contributed by atoms with E-state index in [0.29, 0.717) is 48.0 Å². The maximum Gasteiger partial charge on any atom is 0.303 e. The number of carboxylic acid groups (broad SMARTS) is 1. The summed E-state index contributed by atoms with van der Waals surface area (Å²) in [5.41, 5.74) is 0.115. The van der Waals surface area contributed by atoms with Gasteiger partial charge in [-0.2, -0.15) is 0 Å². The third-order valence-corrected chi connectivity index (χ3v) is 11.0. The summed E-state index contributed by atoms with van der Waals surface area (Å²) in [7, 11) is 1.89. The first-order chi connectivity index (χ1) is 15.2. The molecule has 5 heteroatoms. The molecule has 0 aliphatic heterocycles. The van der Waals surface area contributed by atoms with Crippen molar-refractivity contribution in [2.45, 2.75) is 104 Å². The van der Waals surface area contributed by atoms with Gasteiger partial charge in [-0.15, -0.1) is 0 Å². The van der Waals surface area contributed by atoms with Crippen LogP contribution in [0, 0.1) is 46.3 Å². The molecule has 4 aliphatic rings. The monoisotopic (exact) mass is 450 g/mol. The maximum atomic E-state index is 11.7. The average molecular weight is 451 g/mol. The second kappa shape index (κ2) is 9.19. The first-order valence-corrected chi connectivity index (χ1v) is 13.2. The third kappa shape index (κ3) is 3.84. The summed E-state index contributed by atoms with van der Waals surface area (Å²) in [6.07, 6.45) is 8.91. The molecule has 5 nitrogen and oxygen atoms in total. The highest BCUT2D eigenvalue weighted by molar-refractivity contribution is 5.66. The van der Waals surface area contributed by atoms with Crippen LogP contribution in [0.25, 0.3) is 0 Å². The molecule has 32 heavy (non-hydrogen) atoms. The number of hydrogen-bond acceptors (Lipinski definition) is 4. The number of carbonyl (C=O) groups is 1. The van der Waals surface area contributed by atoms with Crippen LogP contribution in [-0.4, -0.2) is 48.2 Å². The van der Waals surface area contributed by atoms with Gasteiger partial charge >= 0.3 is 5.97 Å². The van der Waals surface area contributed by atoms with Crippen molar-refractivity contribution in [3.05, 3.63) is 0 Å². The summed E-state index contributed by atoms with van der Waals surface area (Å²) in [6.45, 7) is 9.91. The minimum atomic E-state index is -0.714. The zero-order valence-corrected chi connectivity index (χ0v) is 20.9. The van der Waals surface area contributed by atoms with Crippen LogP contribution in [0.4, 0.5) is 0 Å². The average Bonchev–Trinajstić information content (AvgIpc) is 3.11. The lowest BCUT2D eigenvalue weighted by Gasteiger charge is -2.64. The fourth-order valence-corrected chi connectivity index (χ4v) is 9.28.